The highest BCUT2D eigenvalue weighted by Crippen LogP contribution is 2.13. The Bertz CT molecular complexity index is 630. The average Bonchev–Trinajstić information content (AvgIpc) is 2.55. The third-order valence-electron chi connectivity index (χ3n) is 3.29. The zero-order valence-electron chi connectivity index (χ0n) is 14.6. The second-order valence-corrected chi connectivity index (χ2v) is 5.39. The first-order chi connectivity index (χ1) is 11.8. The molecule has 1 aromatic carbocycles. The van der Waals surface area contributed by atoms with Gasteiger partial charge in [0.2, 0.25) is 5.91 Å². The summed E-state index contributed by atoms with van der Waals surface area (Å²) in [7, 11) is 1.41. The number of carbonyl (C=O) groups is 4. The number of nitrogens with one attached hydrogen (secondary N) is 5. The predicted molar refractivity (Wildman–Crippen MR) is 93.2 cm³/mol. The first-order valence-corrected chi connectivity index (χ1v) is 7.86. The van der Waals surface area contributed by atoms with Crippen LogP contribution in [-0.2, 0) is 14.4 Å². The van der Waals surface area contributed by atoms with Crippen molar-refractivity contribution in [1.29, 1.82) is 0 Å². The minimum Gasteiger partial charge on any atom is -0.341 e. The Morgan fingerprint density at radius 1 is 0.920 bits per heavy atom. The number of amides is 5. The van der Waals surface area contributed by atoms with Gasteiger partial charge in [0.05, 0.1) is 6.54 Å². The number of hydrogen-bond acceptors (Lipinski definition) is 4. The van der Waals surface area contributed by atoms with Crippen LogP contribution in [0.3, 0.4) is 0 Å². The van der Waals surface area contributed by atoms with Gasteiger partial charge >= 0.3 is 6.03 Å². The molecular weight excluding hydrogens is 326 g/mol. The molecule has 0 radical (unpaired) electrons. The number of imide groups is 1. The van der Waals surface area contributed by atoms with Gasteiger partial charge in [0, 0.05) is 25.3 Å². The monoisotopic (exact) mass is 350 g/mol. The van der Waals surface area contributed by atoms with Crippen molar-refractivity contribution in [3.8, 4) is 0 Å². The van der Waals surface area contributed by atoms with E-state index in [1.165, 1.54) is 14.0 Å². The number of anilines is 2. The van der Waals surface area contributed by atoms with Gasteiger partial charge in [0.1, 0.15) is 0 Å². The quantitative estimate of drug-likeness (QED) is 0.431. The lowest BCUT2D eigenvalue weighted by atomic mass is 10.2. The molecule has 0 saturated heterocycles. The molecule has 1 atom stereocenters. The summed E-state index contributed by atoms with van der Waals surface area (Å²) < 4.78 is 0. The van der Waals surface area contributed by atoms with Crippen LogP contribution in [0.2, 0.25) is 0 Å². The van der Waals surface area contributed by atoms with Crippen molar-refractivity contribution in [3.63, 3.8) is 0 Å². The molecule has 9 heteroatoms. The molecule has 0 aliphatic carbocycles. The molecule has 1 unspecified atom stereocenters. The van der Waals surface area contributed by atoms with Crippen LogP contribution >= 0.6 is 0 Å². The van der Waals surface area contributed by atoms with Crippen LogP contribution in [0.4, 0.5) is 16.2 Å². The Balaban J connectivity index is 2.51. The summed E-state index contributed by atoms with van der Waals surface area (Å²) in [6.07, 6.45) is 0. The Hall–Kier alpha value is -2.94. The fourth-order valence-corrected chi connectivity index (χ4v) is 2.05. The van der Waals surface area contributed by atoms with Gasteiger partial charge in [0.25, 0.3) is 11.8 Å². The second-order valence-electron chi connectivity index (χ2n) is 5.39. The maximum atomic E-state index is 12.1. The smallest absolute Gasteiger partial charge is 0.321 e. The standard InChI is InChI=1S/C16H23N5O4/c1-4-21(10-15(24)20-16(25)17-3)9-14(23)19-13-7-5-12(6-8-13)18-11(2)22/h5-8H,4,9-10H2,1-3H3,(H,18,22)(H,19,23)(H2,17,20,24,25)/p+1. The first kappa shape index (κ1) is 20.1. The summed E-state index contributed by atoms with van der Waals surface area (Å²) in [5.41, 5.74) is 1.22. The number of urea groups is 1. The van der Waals surface area contributed by atoms with Crippen LogP contribution in [0, 0.1) is 0 Å². The maximum Gasteiger partial charge on any atom is 0.321 e. The van der Waals surface area contributed by atoms with Crippen molar-refractivity contribution in [2.45, 2.75) is 13.8 Å². The third-order valence-corrected chi connectivity index (χ3v) is 3.29. The summed E-state index contributed by atoms with van der Waals surface area (Å²) in [5, 5.41) is 9.82. The molecule has 25 heavy (non-hydrogen) atoms. The summed E-state index contributed by atoms with van der Waals surface area (Å²) >= 11 is 0. The molecule has 0 aromatic heterocycles. The minimum absolute atomic E-state index is 0.0127. The van der Waals surface area contributed by atoms with E-state index < -0.39 is 11.9 Å². The van der Waals surface area contributed by atoms with Crippen molar-refractivity contribution in [1.82, 2.24) is 10.6 Å². The molecule has 136 valence electrons. The van der Waals surface area contributed by atoms with Crippen LogP contribution in [0.25, 0.3) is 0 Å². The van der Waals surface area contributed by atoms with Crippen molar-refractivity contribution in [2.24, 2.45) is 0 Å². The molecular formula is C16H24N5O4+. The topological polar surface area (TPSA) is 121 Å². The molecule has 0 aliphatic heterocycles. The zero-order valence-corrected chi connectivity index (χ0v) is 14.6. The van der Waals surface area contributed by atoms with E-state index in [2.05, 4.69) is 21.3 Å². The van der Waals surface area contributed by atoms with Crippen LogP contribution in [-0.4, -0.2) is 50.4 Å². The molecule has 0 aliphatic rings. The number of carbonyl (C=O) groups excluding carboxylic acids is 4. The van der Waals surface area contributed by atoms with Gasteiger partial charge < -0.3 is 20.9 Å². The van der Waals surface area contributed by atoms with Crippen LogP contribution in [0.15, 0.2) is 24.3 Å². The molecule has 9 nitrogen and oxygen atoms in total. The Morgan fingerprint density at radius 2 is 1.44 bits per heavy atom. The zero-order chi connectivity index (χ0) is 18.8. The molecule has 0 heterocycles. The number of likely N-dealkylation sites (N-methyl/N-ethyl adjacent to an activating group) is 1. The third kappa shape index (κ3) is 7.93. The van der Waals surface area contributed by atoms with E-state index in [1.54, 1.807) is 24.3 Å². The fraction of sp³-hybridized carbons (Fsp3) is 0.375. The highest BCUT2D eigenvalue weighted by atomic mass is 16.2. The molecule has 5 amide bonds. The Morgan fingerprint density at radius 3 is 1.92 bits per heavy atom. The van der Waals surface area contributed by atoms with E-state index >= 15 is 0 Å². The molecule has 5 N–H and O–H groups in total. The van der Waals surface area contributed by atoms with E-state index in [1.807, 2.05) is 6.92 Å². The highest BCUT2D eigenvalue weighted by molar-refractivity contribution is 5.95. The van der Waals surface area contributed by atoms with Gasteiger partial charge in [-0.15, -0.1) is 0 Å². The first-order valence-electron chi connectivity index (χ1n) is 7.86. The molecule has 1 rings (SSSR count). The normalized spacial score (nSPS) is 11.2. The molecule has 0 saturated carbocycles. The molecule has 0 bridgehead atoms. The lowest BCUT2D eigenvalue weighted by molar-refractivity contribution is -0.881. The van der Waals surface area contributed by atoms with E-state index in [0.717, 1.165) is 0 Å². The summed E-state index contributed by atoms with van der Waals surface area (Å²) in [4.78, 5) is 46.6. The van der Waals surface area contributed by atoms with Crippen LogP contribution < -0.4 is 26.2 Å². The fourth-order valence-electron chi connectivity index (χ4n) is 2.05. The molecule has 0 spiro atoms. The second kappa shape index (κ2) is 10.0. The summed E-state index contributed by atoms with van der Waals surface area (Å²) in [6.45, 7) is 3.91. The number of quaternary nitrogens is 1. The van der Waals surface area contributed by atoms with Crippen molar-refractivity contribution in [2.75, 3.05) is 37.3 Å². The number of rotatable bonds is 7. The summed E-state index contributed by atoms with van der Waals surface area (Å²) in [6, 6.07) is 6.13. The predicted octanol–water partition coefficient (Wildman–Crippen LogP) is -1.06. The molecule has 1 aromatic rings. The highest BCUT2D eigenvalue weighted by Gasteiger charge is 2.18. The number of benzene rings is 1. The minimum atomic E-state index is -0.579. The van der Waals surface area contributed by atoms with Gasteiger partial charge in [-0.3, -0.25) is 19.7 Å². The van der Waals surface area contributed by atoms with Gasteiger partial charge in [-0.2, -0.15) is 0 Å². The molecule has 0 fully saturated rings. The van der Waals surface area contributed by atoms with Crippen LogP contribution in [0.1, 0.15) is 13.8 Å². The van der Waals surface area contributed by atoms with Gasteiger partial charge in [0.15, 0.2) is 13.1 Å². The van der Waals surface area contributed by atoms with E-state index in [9.17, 15) is 19.2 Å². The van der Waals surface area contributed by atoms with Crippen molar-refractivity contribution in [3.05, 3.63) is 24.3 Å². The van der Waals surface area contributed by atoms with E-state index in [4.69, 9.17) is 0 Å². The SMILES string of the molecule is CC[NH+](CC(=O)NC(=O)NC)CC(=O)Nc1ccc(NC(C)=O)cc1. The Kier molecular flexibility index (Phi) is 8.07. The van der Waals surface area contributed by atoms with Crippen molar-refractivity contribution >= 4 is 35.1 Å². The maximum absolute atomic E-state index is 12.1. The van der Waals surface area contributed by atoms with Gasteiger partial charge in [-0.1, -0.05) is 0 Å². The van der Waals surface area contributed by atoms with E-state index in [-0.39, 0.29) is 24.9 Å². The number of hydrogen-bond donors (Lipinski definition) is 5. The van der Waals surface area contributed by atoms with Gasteiger partial charge in [-0.25, -0.2) is 4.79 Å². The van der Waals surface area contributed by atoms with Crippen molar-refractivity contribution < 1.29 is 24.1 Å². The summed E-state index contributed by atoms with van der Waals surface area (Å²) in [5.74, 6) is -0.880. The average molecular weight is 350 g/mol. The van der Waals surface area contributed by atoms with Crippen LogP contribution in [0.5, 0.6) is 0 Å². The van der Waals surface area contributed by atoms with Gasteiger partial charge in [-0.05, 0) is 31.2 Å². The van der Waals surface area contributed by atoms with E-state index in [0.29, 0.717) is 22.8 Å². The lowest BCUT2D eigenvalue weighted by Crippen LogP contribution is -3.14. The largest absolute Gasteiger partial charge is 0.341 e. The lowest BCUT2D eigenvalue weighted by Gasteiger charge is -2.16. The Labute approximate surface area is 146 Å².